The molecule has 2 heterocycles. The molecular formula is C20H25N3O4S. The van der Waals surface area contributed by atoms with Crippen LogP contribution >= 0.6 is 11.3 Å². The van der Waals surface area contributed by atoms with Crippen molar-refractivity contribution in [3.8, 4) is 5.88 Å². The van der Waals surface area contributed by atoms with Crippen LogP contribution in [0.3, 0.4) is 0 Å². The molecule has 150 valence electrons. The Hall–Kier alpha value is -2.48. The molecule has 2 aromatic rings. The van der Waals surface area contributed by atoms with Gasteiger partial charge in [0.05, 0.1) is 6.61 Å². The SMILES string of the molecule is CCOc1ncccc1C(=O)OC(C)C(=O)N(c1nccs1)C1CCCCC1. The van der Waals surface area contributed by atoms with Crippen molar-refractivity contribution in [2.24, 2.45) is 0 Å². The van der Waals surface area contributed by atoms with E-state index in [0.717, 1.165) is 25.7 Å². The Kier molecular flexibility index (Phi) is 6.97. The molecule has 1 amide bonds. The average Bonchev–Trinajstić information content (AvgIpc) is 3.24. The molecule has 7 nitrogen and oxygen atoms in total. The summed E-state index contributed by atoms with van der Waals surface area (Å²) in [6, 6.07) is 3.30. The van der Waals surface area contributed by atoms with E-state index in [1.807, 2.05) is 12.3 Å². The third-order valence-corrected chi connectivity index (χ3v) is 5.48. The number of rotatable bonds is 7. The number of carbonyl (C=O) groups is 2. The van der Waals surface area contributed by atoms with E-state index in [-0.39, 0.29) is 23.4 Å². The lowest BCUT2D eigenvalue weighted by atomic mass is 9.94. The molecule has 0 bridgehead atoms. The maximum absolute atomic E-state index is 13.2. The minimum Gasteiger partial charge on any atom is -0.477 e. The third-order valence-electron chi connectivity index (χ3n) is 4.71. The van der Waals surface area contributed by atoms with E-state index < -0.39 is 12.1 Å². The number of thiazole rings is 1. The quantitative estimate of drug-likeness (QED) is 0.653. The van der Waals surface area contributed by atoms with Crippen LogP contribution in [0.25, 0.3) is 0 Å². The number of carbonyl (C=O) groups excluding carboxylic acids is 2. The molecule has 3 rings (SSSR count). The van der Waals surface area contributed by atoms with Crippen LogP contribution in [-0.4, -0.2) is 40.6 Å². The van der Waals surface area contributed by atoms with Crippen LogP contribution in [-0.2, 0) is 9.53 Å². The predicted molar refractivity (Wildman–Crippen MR) is 107 cm³/mol. The van der Waals surface area contributed by atoms with Crippen molar-refractivity contribution in [3.63, 3.8) is 0 Å². The highest BCUT2D eigenvalue weighted by Gasteiger charge is 2.33. The molecule has 1 aliphatic rings. The molecule has 0 N–H and O–H groups in total. The minimum absolute atomic E-state index is 0.0888. The molecule has 1 fully saturated rings. The second-order valence-electron chi connectivity index (χ2n) is 6.65. The molecule has 0 radical (unpaired) electrons. The summed E-state index contributed by atoms with van der Waals surface area (Å²) in [5.74, 6) is -0.670. The highest BCUT2D eigenvalue weighted by atomic mass is 32.1. The Bertz CT molecular complexity index is 791. The van der Waals surface area contributed by atoms with Gasteiger partial charge in [-0.3, -0.25) is 9.69 Å². The fraction of sp³-hybridized carbons (Fsp3) is 0.500. The van der Waals surface area contributed by atoms with Gasteiger partial charge < -0.3 is 9.47 Å². The standard InChI is InChI=1S/C20H25N3O4S/c1-3-26-17-16(10-7-11-21-17)19(25)27-14(2)18(24)23(20-22-12-13-28-20)15-8-5-4-6-9-15/h7,10-15H,3-6,8-9H2,1-2H3. The second kappa shape index (κ2) is 9.64. The van der Waals surface area contributed by atoms with Gasteiger partial charge in [0, 0.05) is 23.8 Å². The number of esters is 1. The van der Waals surface area contributed by atoms with Gasteiger partial charge in [-0.15, -0.1) is 11.3 Å². The summed E-state index contributed by atoms with van der Waals surface area (Å²) in [6.45, 7) is 3.79. The first-order chi connectivity index (χ1) is 13.6. The van der Waals surface area contributed by atoms with Gasteiger partial charge >= 0.3 is 5.97 Å². The lowest BCUT2D eigenvalue weighted by Crippen LogP contribution is -2.47. The van der Waals surface area contributed by atoms with Crippen molar-refractivity contribution in [3.05, 3.63) is 35.5 Å². The van der Waals surface area contributed by atoms with E-state index in [1.165, 1.54) is 17.8 Å². The van der Waals surface area contributed by atoms with Crippen molar-refractivity contribution >= 4 is 28.3 Å². The topological polar surface area (TPSA) is 81.6 Å². The van der Waals surface area contributed by atoms with Crippen molar-refractivity contribution in [2.75, 3.05) is 11.5 Å². The fourth-order valence-corrected chi connectivity index (χ4v) is 4.09. The summed E-state index contributed by atoms with van der Waals surface area (Å²) in [5.41, 5.74) is 0.211. The molecule has 2 aromatic heterocycles. The number of aromatic nitrogens is 2. The molecule has 1 atom stereocenters. The summed E-state index contributed by atoms with van der Waals surface area (Å²) in [4.78, 5) is 35.9. The van der Waals surface area contributed by atoms with Gasteiger partial charge in [0.15, 0.2) is 11.2 Å². The number of hydrogen-bond donors (Lipinski definition) is 0. The van der Waals surface area contributed by atoms with Crippen LogP contribution in [0.4, 0.5) is 5.13 Å². The zero-order valence-electron chi connectivity index (χ0n) is 16.2. The first-order valence-corrected chi connectivity index (χ1v) is 10.5. The smallest absolute Gasteiger partial charge is 0.344 e. The van der Waals surface area contributed by atoms with E-state index in [1.54, 1.807) is 36.4 Å². The van der Waals surface area contributed by atoms with Gasteiger partial charge in [0.1, 0.15) is 5.56 Å². The first-order valence-electron chi connectivity index (χ1n) is 9.63. The lowest BCUT2D eigenvalue weighted by Gasteiger charge is -2.33. The molecule has 0 saturated heterocycles. The van der Waals surface area contributed by atoms with Crippen LogP contribution in [0.15, 0.2) is 29.9 Å². The van der Waals surface area contributed by atoms with E-state index in [4.69, 9.17) is 9.47 Å². The molecule has 0 aliphatic heterocycles. The second-order valence-corrected chi connectivity index (χ2v) is 7.52. The maximum atomic E-state index is 13.2. The van der Waals surface area contributed by atoms with Gasteiger partial charge in [-0.25, -0.2) is 14.8 Å². The van der Waals surface area contributed by atoms with E-state index in [2.05, 4.69) is 9.97 Å². The molecule has 0 spiro atoms. The Morgan fingerprint density at radius 3 is 2.71 bits per heavy atom. The van der Waals surface area contributed by atoms with Crippen LogP contribution < -0.4 is 9.64 Å². The van der Waals surface area contributed by atoms with Gasteiger partial charge in [-0.2, -0.15) is 0 Å². The zero-order chi connectivity index (χ0) is 19.9. The normalized spacial score (nSPS) is 15.6. The number of ether oxygens (including phenoxy) is 2. The molecular weight excluding hydrogens is 378 g/mol. The van der Waals surface area contributed by atoms with Gasteiger partial charge in [-0.05, 0) is 38.8 Å². The number of amides is 1. The molecule has 28 heavy (non-hydrogen) atoms. The van der Waals surface area contributed by atoms with Gasteiger partial charge in [-0.1, -0.05) is 19.3 Å². The van der Waals surface area contributed by atoms with Crippen molar-refractivity contribution < 1.29 is 19.1 Å². The van der Waals surface area contributed by atoms with Crippen LogP contribution in [0.2, 0.25) is 0 Å². The van der Waals surface area contributed by atoms with E-state index >= 15 is 0 Å². The van der Waals surface area contributed by atoms with E-state index in [0.29, 0.717) is 11.7 Å². The highest BCUT2D eigenvalue weighted by Crippen LogP contribution is 2.30. The predicted octanol–water partition coefficient (Wildman–Crippen LogP) is 3.85. The third kappa shape index (κ3) is 4.67. The fourth-order valence-electron chi connectivity index (χ4n) is 3.37. The lowest BCUT2D eigenvalue weighted by molar-refractivity contribution is -0.127. The van der Waals surface area contributed by atoms with Crippen molar-refractivity contribution in [1.82, 2.24) is 9.97 Å². The first kappa shape index (κ1) is 20.3. The van der Waals surface area contributed by atoms with E-state index in [9.17, 15) is 9.59 Å². The van der Waals surface area contributed by atoms with Gasteiger partial charge in [0.25, 0.3) is 5.91 Å². The Morgan fingerprint density at radius 1 is 1.25 bits per heavy atom. The summed E-state index contributed by atoms with van der Waals surface area (Å²) in [7, 11) is 0. The number of anilines is 1. The average molecular weight is 404 g/mol. The molecule has 1 unspecified atom stereocenters. The minimum atomic E-state index is -0.937. The van der Waals surface area contributed by atoms with Crippen LogP contribution in [0.5, 0.6) is 5.88 Å². The number of pyridine rings is 1. The summed E-state index contributed by atoms with van der Waals surface area (Å²) in [6.07, 6.45) is 7.51. The summed E-state index contributed by atoms with van der Waals surface area (Å²) < 4.78 is 10.9. The van der Waals surface area contributed by atoms with Crippen molar-refractivity contribution in [2.45, 2.75) is 58.1 Å². The molecule has 8 heteroatoms. The number of nitrogens with zero attached hydrogens (tertiary/aromatic N) is 3. The molecule has 1 saturated carbocycles. The monoisotopic (exact) mass is 403 g/mol. The maximum Gasteiger partial charge on any atom is 0.344 e. The molecule has 0 aromatic carbocycles. The Balaban J connectivity index is 1.75. The largest absolute Gasteiger partial charge is 0.477 e. The van der Waals surface area contributed by atoms with Crippen LogP contribution in [0.1, 0.15) is 56.3 Å². The zero-order valence-corrected chi connectivity index (χ0v) is 17.0. The van der Waals surface area contributed by atoms with Crippen LogP contribution in [0, 0.1) is 0 Å². The van der Waals surface area contributed by atoms with Gasteiger partial charge in [0.2, 0.25) is 5.88 Å². The van der Waals surface area contributed by atoms with Crippen molar-refractivity contribution in [1.29, 1.82) is 0 Å². The molecule has 1 aliphatic carbocycles. The highest BCUT2D eigenvalue weighted by molar-refractivity contribution is 7.13. The summed E-state index contributed by atoms with van der Waals surface area (Å²) in [5, 5.41) is 2.50. The Labute approximate surface area is 168 Å². The summed E-state index contributed by atoms with van der Waals surface area (Å²) >= 11 is 1.42. The number of hydrogen-bond acceptors (Lipinski definition) is 7. The Morgan fingerprint density at radius 2 is 2.04 bits per heavy atom.